The molecule has 0 spiro atoms. The topological polar surface area (TPSA) is 89.2 Å². The van der Waals surface area contributed by atoms with Crippen LogP contribution in [0.25, 0.3) is 11.0 Å². The number of esters is 1. The smallest absolute Gasteiger partial charge is 0.354 e. The zero-order chi connectivity index (χ0) is 20.4. The molecule has 0 N–H and O–H groups in total. The van der Waals surface area contributed by atoms with E-state index >= 15 is 0 Å². The summed E-state index contributed by atoms with van der Waals surface area (Å²) in [6.07, 6.45) is 0.304. The van der Waals surface area contributed by atoms with Crippen molar-refractivity contribution in [2.24, 2.45) is 5.10 Å². The Morgan fingerprint density at radius 1 is 1.07 bits per heavy atom. The summed E-state index contributed by atoms with van der Waals surface area (Å²) < 4.78 is 10.8. The number of furan rings is 1. The highest BCUT2D eigenvalue weighted by Gasteiger charge is 2.27. The summed E-state index contributed by atoms with van der Waals surface area (Å²) in [5, 5.41) is 6.16. The fourth-order valence-electron chi connectivity index (χ4n) is 3.19. The molecule has 0 aliphatic carbocycles. The fourth-order valence-corrected chi connectivity index (χ4v) is 3.19. The van der Waals surface area contributed by atoms with E-state index in [-0.39, 0.29) is 30.2 Å². The molecule has 1 aromatic heterocycles. The number of carbonyl (C=O) groups excluding carboxylic acids is 3. The number of benzene rings is 2. The highest BCUT2D eigenvalue weighted by Crippen LogP contribution is 2.25. The average Bonchev–Trinajstić information content (AvgIpc) is 3.09. The molecule has 0 saturated heterocycles. The van der Waals surface area contributed by atoms with E-state index in [1.165, 1.54) is 5.01 Å². The second-order valence-corrected chi connectivity index (χ2v) is 6.64. The van der Waals surface area contributed by atoms with E-state index < -0.39 is 18.4 Å². The minimum Gasteiger partial charge on any atom is -0.453 e. The van der Waals surface area contributed by atoms with Gasteiger partial charge in [-0.25, -0.2) is 9.80 Å². The maximum absolute atomic E-state index is 12.5. The number of amides is 1. The van der Waals surface area contributed by atoms with Crippen molar-refractivity contribution in [2.45, 2.75) is 19.8 Å². The van der Waals surface area contributed by atoms with Crippen LogP contribution < -0.4 is 5.01 Å². The van der Waals surface area contributed by atoms with Gasteiger partial charge in [-0.15, -0.1) is 0 Å². The lowest BCUT2D eigenvalue weighted by Crippen LogP contribution is -2.35. The van der Waals surface area contributed by atoms with Gasteiger partial charge in [-0.3, -0.25) is 9.59 Å². The number of hydrazone groups is 1. The number of anilines is 1. The van der Waals surface area contributed by atoms with E-state index in [4.69, 9.17) is 9.15 Å². The number of ketones is 1. The first-order valence-electron chi connectivity index (χ1n) is 9.18. The molecule has 3 aromatic rings. The van der Waals surface area contributed by atoms with Gasteiger partial charge in [-0.1, -0.05) is 36.4 Å². The number of aryl methyl sites for hydroxylation is 1. The van der Waals surface area contributed by atoms with E-state index in [0.717, 1.165) is 5.39 Å². The van der Waals surface area contributed by atoms with E-state index in [9.17, 15) is 14.4 Å². The second-order valence-electron chi connectivity index (χ2n) is 6.64. The summed E-state index contributed by atoms with van der Waals surface area (Å²) >= 11 is 0. The molecule has 0 atom stereocenters. The van der Waals surface area contributed by atoms with Crippen LogP contribution in [0.3, 0.4) is 0 Å². The molecule has 7 nitrogen and oxygen atoms in total. The molecule has 0 unspecified atom stereocenters. The molecule has 2 aromatic carbocycles. The van der Waals surface area contributed by atoms with Crippen LogP contribution >= 0.6 is 0 Å². The molecule has 1 aliphatic heterocycles. The van der Waals surface area contributed by atoms with Gasteiger partial charge in [0.15, 0.2) is 12.4 Å². The van der Waals surface area contributed by atoms with Crippen LogP contribution in [-0.2, 0) is 14.3 Å². The van der Waals surface area contributed by atoms with Crippen LogP contribution in [0.15, 0.2) is 64.1 Å². The van der Waals surface area contributed by atoms with Gasteiger partial charge < -0.3 is 9.15 Å². The van der Waals surface area contributed by atoms with Gasteiger partial charge in [0.25, 0.3) is 0 Å². The lowest BCUT2D eigenvalue weighted by molar-refractivity contribution is -0.134. The minimum atomic E-state index is -0.722. The molecule has 0 saturated carbocycles. The van der Waals surface area contributed by atoms with Crippen molar-refractivity contribution >= 4 is 40.0 Å². The summed E-state index contributed by atoms with van der Waals surface area (Å²) in [5.74, 6) is -1.19. The molecule has 0 fully saturated rings. The maximum atomic E-state index is 12.5. The standard InChI is InChI=1S/C22H18N2O5/c1-14-16-9-5-6-10-19(16)29-21(14)18(25)13-28-22(27)17-11-12-20(26)24(23-17)15-7-3-2-4-8-15/h2-10H,11-13H2,1H3. The summed E-state index contributed by atoms with van der Waals surface area (Å²) in [7, 11) is 0. The number of rotatable bonds is 5. The molecular weight excluding hydrogens is 372 g/mol. The predicted octanol–water partition coefficient (Wildman–Crippen LogP) is 3.65. The number of Topliss-reactive ketones (excluding diaryl/α,β-unsaturated/α-hetero) is 1. The molecule has 0 radical (unpaired) electrons. The number of ether oxygens (including phenoxy) is 1. The molecule has 2 heterocycles. The first-order chi connectivity index (χ1) is 14.0. The van der Waals surface area contributed by atoms with Crippen LogP contribution in [0.1, 0.15) is 29.0 Å². The summed E-state index contributed by atoms with van der Waals surface area (Å²) in [6, 6.07) is 16.1. The third kappa shape index (κ3) is 3.67. The monoisotopic (exact) mass is 390 g/mol. The van der Waals surface area contributed by atoms with Crippen molar-refractivity contribution in [1.82, 2.24) is 0 Å². The van der Waals surface area contributed by atoms with Gasteiger partial charge in [0.1, 0.15) is 11.3 Å². The maximum Gasteiger partial charge on any atom is 0.354 e. The largest absolute Gasteiger partial charge is 0.453 e. The number of nitrogens with zero attached hydrogens (tertiary/aromatic N) is 2. The van der Waals surface area contributed by atoms with Gasteiger partial charge in [-0.2, -0.15) is 5.10 Å². The zero-order valence-electron chi connectivity index (χ0n) is 15.8. The quantitative estimate of drug-likeness (QED) is 0.490. The molecule has 0 bridgehead atoms. The fraction of sp³-hybridized carbons (Fsp3) is 0.182. The zero-order valence-corrected chi connectivity index (χ0v) is 15.8. The predicted molar refractivity (Wildman–Crippen MR) is 107 cm³/mol. The molecule has 29 heavy (non-hydrogen) atoms. The van der Waals surface area contributed by atoms with Crippen LogP contribution in [0.4, 0.5) is 5.69 Å². The summed E-state index contributed by atoms with van der Waals surface area (Å²) in [5.41, 5.74) is 1.98. The minimum absolute atomic E-state index is 0.0996. The molecule has 7 heteroatoms. The molecule has 4 rings (SSSR count). The Balaban J connectivity index is 1.47. The highest BCUT2D eigenvalue weighted by atomic mass is 16.5. The molecular formula is C22H18N2O5. The van der Waals surface area contributed by atoms with E-state index in [1.54, 1.807) is 37.3 Å². The Kier molecular flexibility index (Phi) is 4.95. The van der Waals surface area contributed by atoms with Gasteiger partial charge >= 0.3 is 5.97 Å². The van der Waals surface area contributed by atoms with Crippen molar-refractivity contribution in [3.05, 3.63) is 65.9 Å². The van der Waals surface area contributed by atoms with Gasteiger partial charge in [0, 0.05) is 23.8 Å². The van der Waals surface area contributed by atoms with E-state index in [0.29, 0.717) is 16.8 Å². The lowest BCUT2D eigenvalue weighted by Gasteiger charge is -2.22. The third-order valence-electron chi connectivity index (χ3n) is 4.70. The van der Waals surface area contributed by atoms with Crippen LogP contribution in [0.5, 0.6) is 0 Å². The van der Waals surface area contributed by atoms with Crippen LogP contribution in [-0.4, -0.2) is 30.0 Å². The van der Waals surface area contributed by atoms with Crippen LogP contribution in [0, 0.1) is 6.92 Å². The van der Waals surface area contributed by atoms with Gasteiger partial charge in [0.05, 0.1) is 5.69 Å². The van der Waals surface area contributed by atoms with Crippen molar-refractivity contribution in [2.75, 3.05) is 11.6 Å². The number of para-hydroxylation sites is 2. The average molecular weight is 390 g/mol. The van der Waals surface area contributed by atoms with Crippen LogP contribution in [0.2, 0.25) is 0 Å². The molecule has 1 amide bonds. The Morgan fingerprint density at radius 3 is 2.55 bits per heavy atom. The summed E-state index contributed by atoms with van der Waals surface area (Å²) in [4.78, 5) is 37.0. The van der Waals surface area contributed by atoms with Crippen molar-refractivity contribution in [3.63, 3.8) is 0 Å². The summed E-state index contributed by atoms with van der Waals surface area (Å²) in [6.45, 7) is 1.33. The van der Waals surface area contributed by atoms with Crippen molar-refractivity contribution in [1.29, 1.82) is 0 Å². The van der Waals surface area contributed by atoms with Gasteiger partial charge in [0.2, 0.25) is 11.7 Å². The SMILES string of the molecule is Cc1c(C(=O)COC(=O)C2=NN(c3ccccc3)C(=O)CC2)oc2ccccc12. The third-order valence-corrected chi connectivity index (χ3v) is 4.70. The van der Waals surface area contributed by atoms with Gasteiger partial charge in [-0.05, 0) is 25.1 Å². The highest BCUT2D eigenvalue weighted by molar-refractivity contribution is 6.38. The number of hydrogen-bond acceptors (Lipinski definition) is 6. The second kappa shape index (κ2) is 7.71. The Bertz CT molecular complexity index is 1130. The van der Waals surface area contributed by atoms with E-state index in [2.05, 4.69) is 5.10 Å². The normalized spacial score (nSPS) is 14.0. The number of fused-ring (bicyclic) bond motifs is 1. The Labute approximate surface area is 166 Å². The molecule has 1 aliphatic rings. The number of carbonyl (C=O) groups is 3. The van der Waals surface area contributed by atoms with E-state index in [1.807, 2.05) is 24.3 Å². The van der Waals surface area contributed by atoms with Crippen molar-refractivity contribution in [3.8, 4) is 0 Å². The molecule has 146 valence electrons. The first kappa shape index (κ1) is 18.6. The Hall–Kier alpha value is -3.74. The lowest BCUT2D eigenvalue weighted by atomic mass is 10.1. The van der Waals surface area contributed by atoms with Crippen molar-refractivity contribution < 1.29 is 23.5 Å². The first-order valence-corrected chi connectivity index (χ1v) is 9.18. The Morgan fingerprint density at radius 2 is 1.79 bits per heavy atom. The number of hydrogen-bond donors (Lipinski definition) is 0.